The zero-order valence-electron chi connectivity index (χ0n) is 42.8. The zero-order chi connectivity index (χ0) is 50.3. The lowest BCUT2D eigenvalue weighted by Crippen LogP contribution is -2.29. The van der Waals surface area contributed by atoms with Gasteiger partial charge in [0, 0.05) is 45.9 Å². The molecular formula is C69H58N4O. The topological polar surface area (TPSA) is 33.5 Å². The predicted molar refractivity (Wildman–Crippen MR) is 307 cm³/mol. The summed E-state index contributed by atoms with van der Waals surface area (Å²) < 4.78 is 9.66. The first kappa shape index (κ1) is 45.2. The lowest BCUT2D eigenvalue weighted by atomic mass is 9.67. The van der Waals surface area contributed by atoms with E-state index in [0.29, 0.717) is 6.67 Å². The van der Waals surface area contributed by atoms with Crippen LogP contribution in [0.15, 0.2) is 231 Å². The molecule has 0 saturated heterocycles. The molecule has 13 rings (SSSR count). The van der Waals surface area contributed by atoms with Crippen LogP contribution in [0, 0.1) is 0 Å². The third-order valence-electron chi connectivity index (χ3n) is 15.5. The molecule has 0 radical (unpaired) electrons. The highest BCUT2D eigenvalue weighted by Crippen LogP contribution is 2.58. The van der Waals surface area contributed by atoms with Crippen molar-refractivity contribution >= 4 is 44.6 Å². The van der Waals surface area contributed by atoms with Gasteiger partial charge >= 0.3 is 0 Å². The van der Waals surface area contributed by atoms with E-state index in [-0.39, 0.29) is 10.8 Å². The number of rotatable bonds is 9. The highest BCUT2D eigenvalue weighted by molar-refractivity contribution is 6.18. The first-order valence-corrected chi connectivity index (χ1v) is 25.9. The molecule has 0 atom stereocenters. The normalized spacial score (nSPS) is 13.8. The van der Waals surface area contributed by atoms with Gasteiger partial charge in [-0.15, -0.1) is 0 Å². The Labute approximate surface area is 434 Å². The van der Waals surface area contributed by atoms with E-state index in [1.807, 2.05) is 6.20 Å². The second kappa shape index (κ2) is 17.2. The van der Waals surface area contributed by atoms with Crippen molar-refractivity contribution in [2.75, 3.05) is 16.5 Å². The van der Waals surface area contributed by atoms with Gasteiger partial charge in [-0.25, -0.2) is 4.98 Å². The average molecular weight is 959 g/mol. The summed E-state index contributed by atoms with van der Waals surface area (Å²) in [6.45, 7) is 14.3. The van der Waals surface area contributed by atoms with Crippen molar-refractivity contribution in [3.05, 3.63) is 264 Å². The molecule has 11 aromatic rings. The molecular weight excluding hydrogens is 901 g/mol. The monoisotopic (exact) mass is 958 g/mol. The Morgan fingerprint density at radius 2 is 1.03 bits per heavy atom. The molecule has 0 unspecified atom stereocenters. The number of aromatic nitrogens is 2. The number of hydrogen-bond acceptors (Lipinski definition) is 4. The third kappa shape index (κ3) is 7.24. The van der Waals surface area contributed by atoms with Crippen LogP contribution < -0.4 is 14.5 Å². The van der Waals surface area contributed by atoms with Gasteiger partial charge in [0.1, 0.15) is 24.0 Å². The molecule has 0 bridgehead atoms. The minimum atomic E-state index is -0.603. The second-order valence-electron chi connectivity index (χ2n) is 22.0. The average Bonchev–Trinajstić information content (AvgIpc) is 4.17. The highest BCUT2D eigenvalue weighted by atomic mass is 16.5. The van der Waals surface area contributed by atoms with Crippen LogP contribution in [0.2, 0.25) is 0 Å². The molecule has 0 spiro atoms. The summed E-state index contributed by atoms with van der Waals surface area (Å²) in [6, 6.07) is 81.8. The van der Waals surface area contributed by atoms with Gasteiger partial charge in [-0.1, -0.05) is 205 Å². The number of para-hydroxylation sites is 1. The molecule has 74 heavy (non-hydrogen) atoms. The number of nitrogens with zero attached hydrogens (tertiary/aromatic N) is 4. The van der Waals surface area contributed by atoms with E-state index in [2.05, 4.69) is 280 Å². The molecule has 0 N–H and O–H groups in total. The van der Waals surface area contributed by atoms with Gasteiger partial charge in [0.05, 0.1) is 33.5 Å². The minimum absolute atomic E-state index is 0.0582. The number of hydrogen-bond donors (Lipinski definition) is 0. The van der Waals surface area contributed by atoms with Gasteiger partial charge in [0.25, 0.3) is 0 Å². The van der Waals surface area contributed by atoms with E-state index in [1.54, 1.807) is 0 Å². The van der Waals surface area contributed by atoms with Crippen LogP contribution in [0.1, 0.15) is 74.9 Å². The third-order valence-corrected chi connectivity index (χ3v) is 15.5. The lowest BCUT2D eigenvalue weighted by molar-refractivity contribution is 0.482. The van der Waals surface area contributed by atoms with Gasteiger partial charge in [-0.05, 0) is 104 Å². The molecule has 5 heteroatoms. The van der Waals surface area contributed by atoms with E-state index in [1.165, 1.54) is 72.1 Å². The Balaban J connectivity index is 0.985. The van der Waals surface area contributed by atoms with E-state index < -0.39 is 5.41 Å². The van der Waals surface area contributed by atoms with Crippen LogP contribution >= 0.6 is 0 Å². The first-order chi connectivity index (χ1) is 36.0. The standard InChI is InChI=1S/C69H58N4O/c1-67(2,3)50-36-37-59-61(40-50)71(45-72(59)66-55(46-22-11-7-12-23-46)32-20-33-56(66)47-24-13-8-14-25-47)52-30-19-31-53(42-52)74-54-43-58-65-62(44-54)73(63-41-51(38-39-70-63)68(4,5)6)60-35-21-34-57(64(60)65)69(58,48-26-15-9-16-27-48)49-28-17-10-18-29-49/h7-44H,45H2,1-6H3. The molecule has 9 aromatic carbocycles. The maximum absolute atomic E-state index is 7.30. The van der Waals surface area contributed by atoms with Gasteiger partial charge in [0.15, 0.2) is 0 Å². The summed E-state index contributed by atoms with van der Waals surface area (Å²) in [4.78, 5) is 10.1. The molecule has 0 fully saturated rings. The second-order valence-corrected chi connectivity index (χ2v) is 22.0. The van der Waals surface area contributed by atoms with Gasteiger partial charge in [-0.2, -0.15) is 0 Å². The summed E-state index contributed by atoms with van der Waals surface area (Å²) in [5.74, 6) is 2.41. The molecule has 1 aliphatic heterocycles. The van der Waals surface area contributed by atoms with Crippen LogP contribution in [0.25, 0.3) is 49.9 Å². The van der Waals surface area contributed by atoms with Crippen LogP contribution in [0.5, 0.6) is 11.5 Å². The summed E-state index contributed by atoms with van der Waals surface area (Å²) in [6.07, 6.45) is 1.96. The number of anilines is 4. The van der Waals surface area contributed by atoms with Crippen molar-refractivity contribution in [3.63, 3.8) is 0 Å². The summed E-state index contributed by atoms with van der Waals surface area (Å²) >= 11 is 0. The van der Waals surface area contributed by atoms with Crippen molar-refractivity contribution < 1.29 is 4.74 Å². The number of ether oxygens (including phenoxy) is 1. The Morgan fingerprint density at radius 1 is 0.446 bits per heavy atom. The number of fused-ring (bicyclic) bond motifs is 1. The predicted octanol–water partition coefficient (Wildman–Crippen LogP) is 17.8. The maximum atomic E-state index is 7.30. The number of pyridine rings is 1. The quantitative estimate of drug-likeness (QED) is 0.144. The van der Waals surface area contributed by atoms with Crippen LogP contribution in [0.3, 0.4) is 0 Å². The largest absolute Gasteiger partial charge is 0.457 e. The van der Waals surface area contributed by atoms with Gasteiger partial charge < -0.3 is 14.5 Å². The smallest absolute Gasteiger partial charge is 0.137 e. The molecule has 0 saturated carbocycles. The Kier molecular flexibility index (Phi) is 10.5. The SMILES string of the molecule is CC(C)(C)c1ccnc(-n2c3cccc4c3c3c(cc(Oc5cccc(N6CN(c7c(-c8ccccc8)cccc7-c7ccccc7)c7ccc(C(C)(C)C)cc76)c5)cc32)C4(c2ccccc2)c2ccccc2)c1. The fourth-order valence-corrected chi connectivity index (χ4v) is 11.9. The zero-order valence-corrected chi connectivity index (χ0v) is 42.8. The Bertz CT molecular complexity index is 3830. The molecule has 2 aliphatic rings. The van der Waals surface area contributed by atoms with Crippen molar-refractivity contribution in [2.45, 2.75) is 57.8 Å². The van der Waals surface area contributed by atoms with Gasteiger partial charge in [0.2, 0.25) is 0 Å². The van der Waals surface area contributed by atoms with E-state index in [4.69, 9.17) is 9.72 Å². The van der Waals surface area contributed by atoms with Crippen molar-refractivity contribution in [2.24, 2.45) is 0 Å². The van der Waals surface area contributed by atoms with E-state index in [9.17, 15) is 0 Å². The summed E-state index contributed by atoms with van der Waals surface area (Å²) in [7, 11) is 0. The molecule has 3 heterocycles. The van der Waals surface area contributed by atoms with Crippen LogP contribution in [-0.4, -0.2) is 16.2 Å². The molecule has 2 aromatic heterocycles. The maximum Gasteiger partial charge on any atom is 0.137 e. The number of benzene rings is 9. The van der Waals surface area contributed by atoms with Gasteiger partial charge in [-0.3, -0.25) is 4.57 Å². The van der Waals surface area contributed by atoms with Crippen LogP contribution in [-0.2, 0) is 16.2 Å². The van der Waals surface area contributed by atoms with Crippen molar-refractivity contribution in [1.29, 1.82) is 0 Å². The molecule has 5 nitrogen and oxygen atoms in total. The van der Waals surface area contributed by atoms with E-state index >= 15 is 0 Å². The van der Waals surface area contributed by atoms with E-state index in [0.717, 1.165) is 45.4 Å². The van der Waals surface area contributed by atoms with Crippen LogP contribution in [0.4, 0.5) is 22.7 Å². The first-order valence-electron chi connectivity index (χ1n) is 25.9. The fraction of sp³-hybridized carbons (Fsp3) is 0.145. The minimum Gasteiger partial charge on any atom is -0.457 e. The molecule has 1 aliphatic carbocycles. The highest BCUT2D eigenvalue weighted by Gasteiger charge is 2.47. The summed E-state index contributed by atoms with van der Waals surface area (Å²) in [5, 5.41) is 2.47. The Morgan fingerprint density at radius 3 is 1.66 bits per heavy atom. The molecule has 360 valence electrons. The lowest BCUT2D eigenvalue weighted by Gasteiger charge is -2.35. The Hall–Kier alpha value is -8.67. The van der Waals surface area contributed by atoms with Crippen molar-refractivity contribution in [1.82, 2.24) is 9.55 Å². The fourth-order valence-electron chi connectivity index (χ4n) is 11.9. The molecule has 0 amide bonds. The van der Waals surface area contributed by atoms with Crippen molar-refractivity contribution in [3.8, 4) is 39.6 Å². The summed E-state index contributed by atoms with van der Waals surface area (Å²) in [5.41, 5.74) is 18.1.